The largest absolute Gasteiger partial charge is 0.490 e. The maximum atomic E-state index is 11.7. The van der Waals surface area contributed by atoms with E-state index in [2.05, 4.69) is 28.4 Å². The number of nitrogens with two attached hydrogens (primary N) is 2. The van der Waals surface area contributed by atoms with Crippen LogP contribution in [-0.2, 0) is 31.6 Å². The zero-order valence-corrected chi connectivity index (χ0v) is 17.6. The van der Waals surface area contributed by atoms with Gasteiger partial charge in [-0.05, 0) is 0 Å². The molecule has 1 aliphatic rings. The lowest BCUT2D eigenvalue weighted by atomic mass is 10.1. The van der Waals surface area contributed by atoms with E-state index in [0.29, 0.717) is 0 Å². The van der Waals surface area contributed by atoms with Crippen LogP contribution in [0.3, 0.4) is 0 Å². The van der Waals surface area contributed by atoms with Crippen molar-refractivity contribution in [2.45, 2.75) is 24.5 Å². The number of aliphatic hydroxyl groups is 2. The van der Waals surface area contributed by atoms with Gasteiger partial charge in [0, 0.05) is 0 Å². The second-order valence-corrected chi connectivity index (χ2v) is 10.2. The van der Waals surface area contributed by atoms with E-state index < -0.39 is 65.9 Å². The molecule has 1 fully saturated rings. The molecule has 2 rings (SSSR count). The molecule has 1 aromatic heterocycles. The Bertz CT molecular complexity index is 1010. The number of nitrogens with zero attached hydrogens (tertiary/aromatic N) is 1. The minimum atomic E-state index is -5.73. The molecule has 0 bridgehead atoms. The van der Waals surface area contributed by atoms with Crippen LogP contribution in [0.25, 0.3) is 0 Å². The Kier molecular flexibility index (Phi) is 7.67. The van der Waals surface area contributed by atoms with Crippen LogP contribution in [0.5, 0.6) is 0 Å². The van der Waals surface area contributed by atoms with Gasteiger partial charge in [0.05, 0.1) is 6.61 Å². The third-order valence-corrected chi connectivity index (χ3v) is 7.24. The molecule has 0 spiro atoms. The van der Waals surface area contributed by atoms with E-state index in [4.69, 9.17) is 30.9 Å². The lowest BCUT2D eigenvalue weighted by Gasteiger charge is -2.19. The molecule has 178 valence electrons. The summed E-state index contributed by atoms with van der Waals surface area (Å²) in [5, 5.41) is 22.4. The lowest BCUT2D eigenvalue weighted by molar-refractivity contribution is -0.0151. The molecule has 2 heterocycles. The van der Waals surface area contributed by atoms with Crippen LogP contribution in [0.2, 0.25) is 0 Å². The van der Waals surface area contributed by atoms with Gasteiger partial charge in [-0.25, -0.2) is 13.7 Å². The van der Waals surface area contributed by atoms with Crippen molar-refractivity contribution in [3.63, 3.8) is 0 Å². The lowest BCUT2D eigenvalue weighted by Crippen LogP contribution is -2.37. The van der Waals surface area contributed by atoms with Crippen LogP contribution in [0.1, 0.15) is 0 Å². The van der Waals surface area contributed by atoms with Crippen molar-refractivity contribution in [1.29, 1.82) is 0 Å². The van der Waals surface area contributed by atoms with E-state index in [-0.39, 0.29) is 11.8 Å². The third kappa shape index (κ3) is 7.30. The highest BCUT2D eigenvalue weighted by atomic mass is 31.3. The predicted molar refractivity (Wildman–Crippen MR) is 97.8 cm³/mol. The van der Waals surface area contributed by atoms with Crippen molar-refractivity contribution >= 4 is 40.9 Å². The molecule has 1 aromatic rings. The van der Waals surface area contributed by atoms with Gasteiger partial charge in [0.1, 0.15) is 24.0 Å². The summed E-state index contributed by atoms with van der Waals surface area (Å²) in [6, 6.07) is 0. The molecule has 6 atom stereocenters. The van der Waals surface area contributed by atoms with Crippen molar-refractivity contribution in [3.8, 4) is 0 Å². The molecule has 0 amide bonds. The Morgan fingerprint density at radius 2 is 1.68 bits per heavy atom. The van der Waals surface area contributed by atoms with Crippen LogP contribution < -0.4 is 22.3 Å². The van der Waals surface area contributed by atoms with Crippen molar-refractivity contribution < 1.29 is 61.4 Å². The average Bonchev–Trinajstić information content (AvgIpc) is 2.82. The first-order chi connectivity index (χ1) is 14.0. The smallest absolute Gasteiger partial charge is 0.391 e. The highest BCUT2D eigenvalue weighted by Gasteiger charge is 2.46. The first-order valence-corrected chi connectivity index (χ1v) is 12.2. The van der Waals surface area contributed by atoms with Crippen molar-refractivity contribution in [3.05, 3.63) is 10.4 Å². The van der Waals surface area contributed by atoms with E-state index in [1.807, 2.05) is 0 Å². The number of hydrogen-bond acceptors (Lipinski definition) is 14. The Balaban J connectivity index is 2.02. The van der Waals surface area contributed by atoms with E-state index in [1.165, 1.54) is 0 Å². The van der Waals surface area contributed by atoms with Gasteiger partial charge >= 0.3 is 23.5 Å². The standard InChI is InChI=1S/C9H18N5O14P3/c10-3-6(13-9(11)14-7(3)17)12-8-5(16)4(15)2(26-8)1-25-30(21,22)28-31(23,24)27-29(18,19)20/h2,4-5,8,15-16H,1,10H2,(H,21,22)(H,23,24)(H2,18,19,20)(H4,11,12,13,14,17)/t2-,4-,5-,8-/m1/s1. The van der Waals surface area contributed by atoms with Crippen LogP contribution >= 0.6 is 23.5 Å². The van der Waals surface area contributed by atoms with Gasteiger partial charge in [0.2, 0.25) is 5.95 Å². The number of H-pyrrole nitrogens is 1. The number of phosphoric acid groups is 3. The number of nitrogen functional groups attached to an aromatic ring is 2. The highest BCUT2D eigenvalue weighted by Crippen LogP contribution is 2.66. The molecule has 19 nitrogen and oxygen atoms in total. The summed E-state index contributed by atoms with van der Waals surface area (Å²) in [7, 11) is -16.8. The van der Waals surface area contributed by atoms with Gasteiger partial charge in [-0.15, -0.1) is 0 Å². The molecule has 22 heteroatoms. The van der Waals surface area contributed by atoms with Crippen LogP contribution in [0, 0.1) is 0 Å². The summed E-state index contributed by atoms with van der Waals surface area (Å²) in [6.07, 6.45) is -6.49. The molecular formula is C9H18N5O14P3. The van der Waals surface area contributed by atoms with E-state index in [1.54, 1.807) is 0 Å². The van der Waals surface area contributed by atoms with Gasteiger partial charge in [-0.3, -0.25) is 14.3 Å². The Morgan fingerprint density at radius 3 is 2.26 bits per heavy atom. The number of aromatic nitrogens is 2. The molecule has 0 aromatic carbocycles. The Labute approximate surface area is 171 Å². The molecule has 12 N–H and O–H groups in total. The molecular weight excluding hydrogens is 495 g/mol. The monoisotopic (exact) mass is 513 g/mol. The minimum absolute atomic E-state index is 0.314. The fraction of sp³-hybridized carbons (Fsp3) is 0.556. The van der Waals surface area contributed by atoms with Crippen LogP contribution in [-0.4, -0.2) is 70.9 Å². The Morgan fingerprint density at radius 1 is 1.06 bits per heavy atom. The molecule has 1 saturated heterocycles. The summed E-state index contributed by atoms with van der Waals surface area (Å²) >= 11 is 0. The predicted octanol–water partition coefficient (Wildman–Crippen LogP) is -2.86. The molecule has 0 aliphatic carbocycles. The molecule has 0 radical (unpaired) electrons. The fourth-order valence-corrected chi connectivity index (χ4v) is 5.25. The zero-order chi connectivity index (χ0) is 23.8. The van der Waals surface area contributed by atoms with Gasteiger partial charge in [0.15, 0.2) is 12.0 Å². The van der Waals surface area contributed by atoms with Crippen molar-refractivity contribution in [2.75, 3.05) is 23.4 Å². The normalized spacial score (nSPS) is 28.1. The van der Waals surface area contributed by atoms with E-state index in [0.717, 1.165) is 0 Å². The zero-order valence-electron chi connectivity index (χ0n) is 14.9. The van der Waals surface area contributed by atoms with E-state index >= 15 is 0 Å². The highest BCUT2D eigenvalue weighted by molar-refractivity contribution is 7.66. The first-order valence-electron chi connectivity index (χ1n) is 7.71. The molecule has 1 aliphatic heterocycles. The molecule has 2 unspecified atom stereocenters. The van der Waals surface area contributed by atoms with E-state index in [9.17, 15) is 33.6 Å². The summed E-state index contributed by atoms with van der Waals surface area (Å²) < 4.78 is 50.1. The first kappa shape index (κ1) is 25.8. The quantitative estimate of drug-likeness (QED) is 0.148. The average molecular weight is 513 g/mol. The van der Waals surface area contributed by atoms with Gasteiger partial charge in [-0.2, -0.15) is 13.6 Å². The number of rotatable bonds is 9. The summed E-state index contributed by atoms with van der Waals surface area (Å²) in [5.41, 5.74) is 9.63. The second-order valence-electron chi connectivity index (χ2n) is 5.82. The maximum Gasteiger partial charge on any atom is 0.490 e. The number of nitrogens with one attached hydrogen (secondary N) is 2. The topological polar surface area (TPSA) is 319 Å². The van der Waals surface area contributed by atoms with Gasteiger partial charge < -0.3 is 51.3 Å². The second kappa shape index (κ2) is 9.21. The number of aliphatic hydroxyl groups excluding tert-OH is 2. The summed E-state index contributed by atoms with van der Waals surface area (Å²) in [5.74, 6) is -0.648. The summed E-state index contributed by atoms with van der Waals surface area (Å²) in [6.45, 7) is -1.03. The minimum Gasteiger partial charge on any atom is -0.391 e. The number of phosphoric ester groups is 1. The molecule has 31 heavy (non-hydrogen) atoms. The van der Waals surface area contributed by atoms with Crippen LogP contribution in [0.4, 0.5) is 17.5 Å². The summed E-state index contributed by atoms with van der Waals surface area (Å²) in [4.78, 5) is 52.7. The fourth-order valence-electron chi connectivity index (χ4n) is 2.22. The molecule has 0 saturated carbocycles. The Hall–Kier alpha value is -1.43. The number of ether oxygens (including phenoxy) is 1. The number of anilines is 3. The SMILES string of the molecule is Nc1nc(N[C@@H]2O[C@H](COP(=O)(O)OP(=O)(O)OP(=O)(O)O)[C@@H](O)[C@H]2O)c(N)c(=O)[nH]1. The number of hydrogen-bond donors (Lipinski definition) is 10. The van der Waals surface area contributed by atoms with Gasteiger partial charge in [0.25, 0.3) is 5.56 Å². The van der Waals surface area contributed by atoms with Crippen molar-refractivity contribution in [1.82, 2.24) is 9.97 Å². The van der Waals surface area contributed by atoms with Gasteiger partial charge in [-0.1, -0.05) is 0 Å². The maximum absolute atomic E-state index is 11.7. The van der Waals surface area contributed by atoms with Crippen LogP contribution in [0.15, 0.2) is 4.79 Å². The van der Waals surface area contributed by atoms with Crippen molar-refractivity contribution in [2.24, 2.45) is 0 Å². The number of aromatic amines is 1. The third-order valence-electron chi connectivity index (χ3n) is 3.43.